The summed E-state index contributed by atoms with van der Waals surface area (Å²) >= 11 is 11.7. The molecule has 1 saturated heterocycles. The Labute approximate surface area is 201 Å². The third-order valence-electron chi connectivity index (χ3n) is 6.13. The van der Waals surface area contributed by atoms with Gasteiger partial charge >= 0.3 is 0 Å². The Bertz CT molecular complexity index is 1250. The van der Waals surface area contributed by atoms with Gasteiger partial charge in [-0.1, -0.05) is 29.3 Å². The lowest BCUT2D eigenvalue weighted by atomic mass is 9.78. The van der Waals surface area contributed by atoms with Crippen molar-refractivity contribution < 1.29 is 13.9 Å². The van der Waals surface area contributed by atoms with E-state index in [4.69, 9.17) is 28.6 Å². The predicted octanol–water partition coefficient (Wildman–Crippen LogP) is 5.59. The number of aryl methyl sites for hydroxylation is 1. The molecule has 1 amide bonds. The molecule has 0 radical (unpaired) electrons. The van der Waals surface area contributed by atoms with E-state index in [2.05, 4.69) is 10.6 Å². The number of hydrogen-bond donors (Lipinski definition) is 2. The van der Waals surface area contributed by atoms with Gasteiger partial charge in [0.15, 0.2) is 10.8 Å². The van der Waals surface area contributed by atoms with Gasteiger partial charge in [-0.25, -0.2) is 4.39 Å². The van der Waals surface area contributed by atoms with Crippen molar-refractivity contribution in [3.05, 3.63) is 88.7 Å². The molecule has 2 bridgehead atoms. The third-order valence-corrected chi connectivity index (χ3v) is 6.68. The van der Waals surface area contributed by atoms with Crippen molar-refractivity contribution in [2.45, 2.75) is 25.6 Å². The summed E-state index contributed by atoms with van der Waals surface area (Å²) in [7, 11) is 0. The molecule has 2 aliphatic rings. The van der Waals surface area contributed by atoms with Crippen LogP contribution < -0.4 is 20.3 Å². The molecule has 5 nitrogen and oxygen atoms in total. The van der Waals surface area contributed by atoms with Crippen LogP contribution in [0, 0.1) is 18.7 Å². The number of rotatable bonds is 3. The second-order valence-electron chi connectivity index (χ2n) is 8.41. The molecule has 3 atom stereocenters. The van der Waals surface area contributed by atoms with Crippen LogP contribution in [-0.2, 0) is 4.79 Å². The highest BCUT2D eigenvalue weighted by Crippen LogP contribution is 2.50. The molecular weight excluding hydrogens is 461 g/mol. The first-order valence-electron chi connectivity index (χ1n) is 10.5. The van der Waals surface area contributed by atoms with Crippen LogP contribution in [0.15, 0.2) is 66.7 Å². The van der Waals surface area contributed by atoms with E-state index in [1.54, 1.807) is 41.3 Å². The van der Waals surface area contributed by atoms with Crippen LogP contribution in [0.3, 0.4) is 0 Å². The van der Waals surface area contributed by atoms with Gasteiger partial charge in [-0.15, -0.1) is 0 Å². The van der Waals surface area contributed by atoms with E-state index in [-0.39, 0.29) is 11.7 Å². The van der Waals surface area contributed by atoms with Gasteiger partial charge in [-0.05, 0) is 80.7 Å². The molecule has 0 saturated carbocycles. The van der Waals surface area contributed by atoms with Gasteiger partial charge in [0.25, 0.3) is 0 Å². The maximum Gasteiger partial charge on any atom is 0.236 e. The standard InChI is InChI=1S/C25H21ClFN3O2S/c1-14-3-12-20-19(13-14)22-21(23(31)28-17-8-4-15(26)5-9-17)25(2,32-20)30(24(33)29-22)18-10-6-16(27)7-11-18/h3-13,21-22H,1-2H3,(H,28,31)(H,29,33)/t21-,22+,25+/m0/s1. The molecule has 8 heteroatoms. The number of nitrogens with zero attached hydrogens (tertiary/aromatic N) is 1. The predicted molar refractivity (Wildman–Crippen MR) is 131 cm³/mol. The molecule has 2 heterocycles. The smallest absolute Gasteiger partial charge is 0.236 e. The Kier molecular flexibility index (Phi) is 5.26. The number of carbonyl (C=O) groups is 1. The Morgan fingerprint density at radius 3 is 2.55 bits per heavy atom. The maximum absolute atomic E-state index is 13.7. The first-order chi connectivity index (χ1) is 15.8. The molecule has 0 aliphatic carbocycles. The lowest BCUT2D eigenvalue weighted by Crippen LogP contribution is -2.72. The van der Waals surface area contributed by atoms with Crippen LogP contribution >= 0.6 is 23.8 Å². The lowest BCUT2D eigenvalue weighted by Gasteiger charge is -2.56. The molecule has 0 unspecified atom stereocenters. The summed E-state index contributed by atoms with van der Waals surface area (Å²) in [6.45, 7) is 3.83. The monoisotopic (exact) mass is 481 g/mol. The summed E-state index contributed by atoms with van der Waals surface area (Å²) in [4.78, 5) is 15.5. The number of halogens is 2. The molecular formula is C25H21ClFN3O2S. The van der Waals surface area contributed by atoms with Gasteiger partial charge in [0, 0.05) is 22.0 Å². The minimum Gasteiger partial charge on any atom is -0.467 e. The molecule has 33 heavy (non-hydrogen) atoms. The number of anilines is 2. The van der Waals surface area contributed by atoms with Crippen LogP contribution in [0.2, 0.25) is 5.02 Å². The minimum absolute atomic E-state index is 0.237. The molecule has 2 aliphatic heterocycles. The number of carbonyl (C=O) groups excluding carboxylic acids is 1. The van der Waals surface area contributed by atoms with E-state index in [1.807, 2.05) is 32.0 Å². The van der Waals surface area contributed by atoms with Crippen molar-refractivity contribution in [3.63, 3.8) is 0 Å². The molecule has 0 spiro atoms. The summed E-state index contributed by atoms with van der Waals surface area (Å²) in [5.41, 5.74) is 1.99. The van der Waals surface area contributed by atoms with Gasteiger partial charge in [0.1, 0.15) is 17.5 Å². The van der Waals surface area contributed by atoms with E-state index < -0.39 is 17.7 Å². The van der Waals surface area contributed by atoms with Crippen molar-refractivity contribution >= 4 is 46.2 Å². The lowest BCUT2D eigenvalue weighted by molar-refractivity contribution is -0.130. The quantitative estimate of drug-likeness (QED) is 0.478. The molecule has 0 aromatic heterocycles. The van der Waals surface area contributed by atoms with Gasteiger partial charge in [0.05, 0.1) is 6.04 Å². The number of amides is 1. The van der Waals surface area contributed by atoms with E-state index >= 15 is 0 Å². The Hall–Kier alpha value is -3.16. The number of fused-ring (bicyclic) bond motifs is 4. The molecule has 168 valence electrons. The van der Waals surface area contributed by atoms with Crippen molar-refractivity contribution in [2.24, 2.45) is 5.92 Å². The van der Waals surface area contributed by atoms with Crippen LogP contribution in [0.25, 0.3) is 0 Å². The summed E-state index contributed by atoms with van der Waals surface area (Å²) in [6, 6.07) is 18.4. The topological polar surface area (TPSA) is 53.6 Å². The normalized spacial score (nSPS) is 23.3. The highest BCUT2D eigenvalue weighted by Gasteiger charge is 2.59. The fourth-order valence-electron chi connectivity index (χ4n) is 4.64. The number of thiocarbonyl (C=S) groups is 1. The Morgan fingerprint density at radius 2 is 1.85 bits per heavy atom. The van der Waals surface area contributed by atoms with Crippen LogP contribution in [0.4, 0.5) is 15.8 Å². The van der Waals surface area contributed by atoms with E-state index in [0.717, 1.165) is 11.1 Å². The zero-order valence-electron chi connectivity index (χ0n) is 17.9. The molecule has 2 N–H and O–H groups in total. The fourth-order valence-corrected chi connectivity index (χ4v) is 5.18. The number of hydrogen-bond acceptors (Lipinski definition) is 3. The van der Waals surface area contributed by atoms with Crippen LogP contribution in [0.1, 0.15) is 24.1 Å². The van der Waals surface area contributed by atoms with Crippen LogP contribution in [0.5, 0.6) is 5.75 Å². The second-order valence-corrected chi connectivity index (χ2v) is 9.23. The maximum atomic E-state index is 13.7. The highest BCUT2D eigenvalue weighted by atomic mass is 35.5. The van der Waals surface area contributed by atoms with E-state index in [1.165, 1.54) is 12.1 Å². The zero-order chi connectivity index (χ0) is 23.3. The first-order valence-corrected chi connectivity index (χ1v) is 11.3. The highest BCUT2D eigenvalue weighted by molar-refractivity contribution is 7.80. The summed E-state index contributed by atoms with van der Waals surface area (Å²) in [5, 5.41) is 7.31. The Balaban J connectivity index is 1.62. The average Bonchev–Trinajstić information content (AvgIpc) is 2.77. The fraction of sp³-hybridized carbons (Fsp3) is 0.200. The number of ether oxygens (including phenoxy) is 1. The number of nitrogens with one attached hydrogen (secondary N) is 2. The van der Waals surface area contributed by atoms with Crippen LogP contribution in [-0.4, -0.2) is 16.7 Å². The molecule has 5 rings (SSSR count). The summed E-state index contributed by atoms with van der Waals surface area (Å²) in [6.07, 6.45) is 0. The Morgan fingerprint density at radius 1 is 1.15 bits per heavy atom. The van der Waals surface area contributed by atoms with Gasteiger partial charge in [-0.3, -0.25) is 9.69 Å². The molecule has 3 aromatic rings. The van der Waals surface area contributed by atoms with Crippen molar-refractivity contribution in [3.8, 4) is 5.75 Å². The first kappa shape index (κ1) is 21.7. The molecule has 1 fully saturated rings. The third kappa shape index (κ3) is 3.71. The SMILES string of the molecule is Cc1ccc2c(c1)[C@H]1NC(=S)N(c3ccc(F)cc3)[C@](C)(O2)[C@@H]1C(=O)Nc1ccc(Cl)cc1. The minimum atomic E-state index is -1.16. The zero-order valence-corrected chi connectivity index (χ0v) is 19.5. The van der Waals surface area contributed by atoms with Gasteiger partial charge < -0.3 is 15.4 Å². The largest absolute Gasteiger partial charge is 0.467 e. The van der Waals surface area contributed by atoms with Gasteiger partial charge in [0.2, 0.25) is 5.91 Å². The van der Waals surface area contributed by atoms with Crippen molar-refractivity contribution in [1.82, 2.24) is 5.32 Å². The molecule has 3 aromatic carbocycles. The average molecular weight is 482 g/mol. The summed E-state index contributed by atoms with van der Waals surface area (Å²) in [5.74, 6) is -0.607. The van der Waals surface area contributed by atoms with E-state index in [0.29, 0.717) is 27.3 Å². The van der Waals surface area contributed by atoms with Crippen molar-refractivity contribution in [2.75, 3.05) is 10.2 Å². The van der Waals surface area contributed by atoms with E-state index in [9.17, 15) is 9.18 Å². The summed E-state index contributed by atoms with van der Waals surface area (Å²) < 4.78 is 20.2. The van der Waals surface area contributed by atoms with Crippen molar-refractivity contribution in [1.29, 1.82) is 0 Å². The van der Waals surface area contributed by atoms with Gasteiger partial charge in [-0.2, -0.15) is 0 Å². The number of benzene rings is 3. The second kappa shape index (κ2) is 8.01.